The van der Waals surface area contributed by atoms with E-state index in [2.05, 4.69) is 53.0 Å². The van der Waals surface area contributed by atoms with Gasteiger partial charge >= 0.3 is 6.18 Å². The van der Waals surface area contributed by atoms with Crippen LogP contribution in [0, 0.1) is 46.6 Å². The number of hydrogen-bond acceptors (Lipinski definition) is 1. The number of carbonyl (C=O) groups excluding carboxylic acids is 1. The van der Waals surface area contributed by atoms with Crippen molar-refractivity contribution in [2.24, 2.45) is 11.8 Å². The van der Waals surface area contributed by atoms with Crippen molar-refractivity contribution < 1.29 is 35.5 Å². The van der Waals surface area contributed by atoms with Crippen LogP contribution in [0.5, 0.6) is 0 Å². The molecule has 1 fully saturated rings. The van der Waals surface area contributed by atoms with E-state index in [1.54, 1.807) is 0 Å². The van der Waals surface area contributed by atoms with Gasteiger partial charge < -0.3 is 5.32 Å². The maximum absolute atomic E-state index is 14.3. The number of anilines is 1. The Hall–Kier alpha value is -2.02. The standard InChI is InChI=1S/C25H32F7NOSi/c1-13(2)35(14(3)4,15(5)6)12-11-16-9-7-8-10-17(16)24(34)33-23-21(28)19(26)18(25(30,31)32)20(27)22(23)29/h13-17H,7-10H2,1-6H3,(H,33,34). The first-order valence-electron chi connectivity index (χ1n) is 11.8. The number of rotatable bonds is 5. The Kier molecular flexibility index (Phi) is 9.12. The zero-order chi connectivity index (χ0) is 26.9. The molecule has 1 amide bonds. The minimum atomic E-state index is -5.65. The van der Waals surface area contributed by atoms with E-state index in [-0.39, 0.29) is 0 Å². The van der Waals surface area contributed by atoms with Gasteiger partial charge in [-0.3, -0.25) is 4.79 Å². The number of halogens is 7. The predicted octanol–water partition coefficient (Wildman–Crippen LogP) is 8.23. The fourth-order valence-electron chi connectivity index (χ4n) is 5.47. The molecule has 0 bridgehead atoms. The molecule has 1 aliphatic rings. The zero-order valence-electron chi connectivity index (χ0n) is 20.8. The maximum Gasteiger partial charge on any atom is 0.422 e. The molecule has 1 saturated carbocycles. The molecule has 2 atom stereocenters. The number of alkyl halides is 3. The second kappa shape index (κ2) is 10.9. The number of amides is 1. The van der Waals surface area contributed by atoms with E-state index in [0.29, 0.717) is 35.9 Å². The highest BCUT2D eigenvalue weighted by molar-refractivity contribution is 6.90. The fraction of sp³-hybridized carbons (Fsp3) is 0.640. The summed E-state index contributed by atoms with van der Waals surface area (Å²) in [4.78, 5) is 12.9. The maximum atomic E-state index is 14.3. The number of carbonyl (C=O) groups is 1. The molecule has 0 spiro atoms. The minimum Gasteiger partial charge on any atom is -0.321 e. The summed E-state index contributed by atoms with van der Waals surface area (Å²) in [6.45, 7) is 12.8. The SMILES string of the molecule is CC(C)[Si](C#CC1CCCCC1C(=O)Nc1c(F)c(F)c(C(F)(F)F)c(F)c1F)(C(C)C)C(C)C. The first kappa shape index (κ1) is 29.2. The Morgan fingerprint density at radius 1 is 0.857 bits per heavy atom. The lowest BCUT2D eigenvalue weighted by Crippen LogP contribution is -2.43. The minimum absolute atomic E-state index is 0.333. The van der Waals surface area contributed by atoms with Crippen molar-refractivity contribution in [3.63, 3.8) is 0 Å². The van der Waals surface area contributed by atoms with E-state index in [1.807, 2.05) is 5.32 Å². The lowest BCUT2D eigenvalue weighted by Gasteiger charge is -2.38. The summed E-state index contributed by atoms with van der Waals surface area (Å²) in [6, 6.07) is 0. The van der Waals surface area contributed by atoms with Crippen LogP contribution in [0.25, 0.3) is 0 Å². The topological polar surface area (TPSA) is 29.1 Å². The summed E-state index contributed by atoms with van der Waals surface area (Å²) in [5.74, 6) is -8.72. The molecule has 2 nitrogen and oxygen atoms in total. The van der Waals surface area contributed by atoms with Crippen molar-refractivity contribution in [3.05, 3.63) is 28.8 Å². The van der Waals surface area contributed by atoms with Crippen LogP contribution >= 0.6 is 0 Å². The molecule has 0 aliphatic heterocycles. The van der Waals surface area contributed by atoms with Crippen molar-refractivity contribution >= 4 is 19.7 Å². The first-order valence-corrected chi connectivity index (χ1v) is 14.1. The highest BCUT2D eigenvalue weighted by Crippen LogP contribution is 2.42. The molecular formula is C25H32F7NOSi. The highest BCUT2D eigenvalue weighted by Gasteiger charge is 2.44. The van der Waals surface area contributed by atoms with Crippen LogP contribution in [-0.2, 0) is 11.0 Å². The normalized spacial score (nSPS) is 19.2. The zero-order valence-corrected chi connectivity index (χ0v) is 21.8. The number of nitrogens with one attached hydrogen (secondary N) is 1. The van der Waals surface area contributed by atoms with Gasteiger partial charge in [-0.15, -0.1) is 11.5 Å². The molecule has 196 valence electrons. The Balaban J connectivity index is 2.44. The summed E-state index contributed by atoms with van der Waals surface area (Å²) in [5, 5.41) is 1.81. The third kappa shape index (κ3) is 5.70. The van der Waals surface area contributed by atoms with E-state index >= 15 is 0 Å². The molecule has 1 aliphatic carbocycles. The van der Waals surface area contributed by atoms with Crippen molar-refractivity contribution in [1.29, 1.82) is 0 Å². The second-order valence-corrected chi connectivity index (χ2v) is 15.7. The van der Waals surface area contributed by atoms with E-state index in [9.17, 15) is 35.5 Å². The average Bonchev–Trinajstić information content (AvgIpc) is 2.74. The van der Waals surface area contributed by atoms with Gasteiger partial charge in [0.1, 0.15) is 19.3 Å². The molecule has 0 heterocycles. The summed E-state index contributed by atoms with van der Waals surface area (Å²) >= 11 is 0. The van der Waals surface area contributed by atoms with Crippen LogP contribution in [0.1, 0.15) is 72.8 Å². The van der Waals surface area contributed by atoms with Crippen LogP contribution in [-0.4, -0.2) is 14.0 Å². The van der Waals surface area contributed by atoms with Gasteiger partial charge in [-0.1, -0.05) is 54.4 Å². The van der Waals surface area contributed by atoms with Crippen LogP contribution < -0.4 is 5.32 Å². The quantitative estimate of drug-likeness (QED) is 0.179. The molecule has 1 N–H and O–H groups in total. The van der Waals surface area contributed by atoms with Gasteiger partial charge in [0.05, 0.1) is 5.92 Å². The van der Waals surface area contributed by atoms with Gasteiger partial charge in [-0.05, 0) is 29.5 Å². The van der Waals surface area contributed by atoms with Gasteiger partial charge in [0.2, 0.25) is 5.91 Å². The smallest absolute Gasteiger partial charge is 0.321 e. The summed E-state index contributed by atoms with van der Waals surface area (Å²) in [5.41, 5.74) is 0.310. The first-order chi connectivity index (χ1) is 16.1. The molecule has 0 aromatic heterocycles. The van der Waals surface area contributed by atoms with E-state index < -0.39 is 66.5 Å². The molecule has 10 heteroatoms. The van der Waals surface area contributed by atoms with Crippen LogP contribution in [0.4, 0.5) is 36.4 Å². The number of hydrogen-bond donors (Lipinski definition) is 1. The third-order valence-corrected chi connectivity index (χ3v) is 13.5. The Morgan fingerprint density at radius 3 is 1.74 bits per heavy atom. The van der Waals surface area contributed by atoms with Gasteiger partial charge in [-0.25, -0.2) is 17.6 Å². The van der Waals surface area contributed by atoms with E-state index in [1.165, 1.54) is 0 Å². The van der Waals surface area contributed by atoms with Gasteiger partial charge in [-0.2, -0.15) is 13.2 Å². The average molecular weight is 524 g/mol. The van der Waals surface area contributed by atoms with Gasteiger partial charge in [0, 0.05) is 5.92 Å². The lowest BCUT2D eigenvalue weighted by atomic mass is 9.79. The largest absolute Gasteiger partial charge is 0.422 e. The molecule has 2 unspecified atom stereocenters. The molecule has 0 saturated heterocycles. The van der Waals surface area contributed by atoms with Crippen molar-refractivity contribution in [1.82, 2.24) is 0 Å². The van der Waals surface area contributed by atoms with Crippen molar-refractivity contribution in [2.75, 3.05) is 5.32 Å². The molecular weight excluding hydrogens is 491 g/mol. The highest BCUT2D eigenvalue weighted by atomic mass is 28.3. The Bertz CT molecular complexity index is 957. The van der Waals surface area contributed by atoms with Crippen molar-refractivity contribution in [3.8, 4) is 11.5 Å². The van der Waals surface area contributed by atoms with Crippen LogP contribution in [0.2, 0.25) is 16.6 Å². The third-order valence-electron chi connectivity index (χ3n) is 7.24. The molecule has 0 radical (unpaired) electrons. The van der Waals surface area contributed by atoms with E-state index in [4.69, 9.17) is 0 Å². The van der Waals surface area contributed by atoms with Crippen LogP contribution in [0.15, 0.2) is 0 Å². The Morgan fingerprint density at radius 2 is 1.31 bits per heavy atom. The van der Waals surface area contributed by atoms with Crippen LogP contribution in [0.3, 0.4) is 0 Å². The Labute approximate surface area is 203 Å². The molecule has 1 aromatic rings. The number of benzene rings is 1. The van der Waals surface area contributed by atoms with Crippen molar-refractivity contribution in [2.45, 2.75) is 90.0 Å². The summed E-state index contributed by atoms with van der Waals surface area (Å²) in [7, 11) is -2.13. The van der Waals surface area contributed by atoms with Gasteiger partial charge in [0.15, 0.2) is 23.3 Å². The second-order valence-electron chi connectivity index (χ2n) is 10.2. The van der Waals surface area contributed by atoms with Gasteiger partial charge in [0.25, 0.3) is 0 Å². The monoisotopic (exact) mass is 523 g/mol. The molecule has 1 aromatic carbocycles. The summed E-state index contributed by atoms with van der Waals surface area (Å²) in [6.07, 6.45) is -3.33. The molecule has 35 heavy (non-hydrogen) atoms. The molecule has 2 rings (SSSR count). The van der Waals surface area contributed by atoms with E-state index in [0.717, 1.165) is 6.42 Å². The fourth-order valence-corrected chi connectivity index (χ4v) is 10.8. The lowest BCUT2D eigenvalue weighted by molar-refractivity contribution is -0.143. The summed E-state index contributed by atoms with van der Waals surface area (Å²) < 4.78 is 95.1. The predicted molar refractivity (Wildman–Crippen MR) is 124 cm³/mol.